The van der Waals surface area contributed by atoms with Crippen LogP contribution in [-0.2, 0) is 24.7 Å². The van der Waals surface area contributed by atoms with E-state index in [-0.39, 0.29) is 0 Å². The van der Waals surface area contributed by atoms with Gasteiger partial charge in [0, 0.05) is 33.8 Å². The first kappa shape index (κ1) is 20.9. The van der Waals surface area contributed by atoms with Crippen molar-refractivity contribution in [1.29, 1.82) is 0 Å². The molecule has 0 radical (unpaired) electrons. The van der Waals surface area contributed by atoms with Crippen LogP contribution in [0.4, 0.5) is 0 Å². The molecular weight excluding hydrogens is 424 g/mol. The van der Waals surface area contributed by atoms with Gasteiger partial charge in [-0.3, -0.25) is 4.90 Å². The van der Waals surface area contributed by atoms with Gasteiger partial charge in [-0.2, -0.15) is 0 Å². The molecule has 0 fully saturated rings. The maximum absolute atomic E-state index is 3.30. The Bertz CT molecular complexity index is 952. The predicted octanol–water partition coefficient (Wildman–Crippen LogP) is 3.43. The minimum absolute atomic E-state index is 0.341. The molecule has 0 bridgehead atoms. The summed E-state index contributed by atoms with van der Waals surface area (Å²) < 4.78 is 1.31. The number of nitrogens with one attached hydrogen (secondary N) is 1. The van der Waals surface area contributed by atoms with Gasteiger partial charge in [-0.05, 0) is 19.7 Å². The fourth-order valence-electron chi connectivity index (χ4n) is 3.89. The van der Waals surface area contributed by atoms with Crippen molar-refractivity contribution in [2.45, 2.75) is 6.04 Å². The molecule has 4 nitrogen and oxygen atoms in total. The van der Waals surface area contributed by atoms with Crippen LogP contribution in [0.2, 0.25) is 0 Å². The monoisotopic (exact) mass is 451 g/mol. The molecule has 28 heavy (non-hydrogen) atoms. The zero-order valence-corrected chi connectivity index (χ0v) is 20.1. The Morgan fingerprint density at radius 2 is 1.46 bits per heavy atom. The van der Waals surface area contributed by atoms with Crippen molar-refractivity contribution in [2.75, 3.05) is 42.3 Å². The summed E-state index contributed by atoms with van der Waals surface area (Å²) in [6, 6.07) is 19.6. The van der Waals surface area contributed by atoms with Crippen LogP contribution in [0.25, 0.3) is 16.6 Å². The van der Waals surface area contributed by atoms with Gasteiger partial charge in [0.25, 0.3) is 0 Å². The molecule has 1 aliphatic rings. The molecule has 3 aromatic rings. The molecule has 0 spiro atoms. The number of aromatic amines is 1. The van der Waals surface area contributed by atoms with Crippen LogP contribution in [-0.4, -0.2) is 62.0 Å². The number of nitrogens with zero attached hydrogens (tertiary/aromatic N) is 3. The van der Waals surface area contributed by atoms with E-state index in [4.69, 9.17) is 0 Å². The minimum atomic E-state index is 0.341. The topological polar surface area (TPSA) is 25.5 Å². The van der Waals surface area contributed by atoms with E-state index in [1.165, 1.54) is 61.5 Å². The van der Waals surface area contributed by atoms with Crippen molar-refractivity contribution in [3.63, 3.8) is 0 Å². The van der Waals surface area contributed by atoms with Crippen LogP contribution in [0.1, 0.15) is 17.2 Å². The number of fused-ring (bicyclic) bond motifs is 2. The van der Waals surface area contributed by atoms with Crippen LogP contribution in [0.3, 0.4) is 0 Å². The Morgan fingerprint density at radius 1 is 0.821 bits per heavy atom. The first-order chi connectivity index (χ1) is 13.3. The van der Waals surface area contributed by atoms with Gasteiger partial charge in [0.2, 0.25) is 0 Å². The van der Waals surface area contributed by atoms with Crippen molar-refractivity contribution in [2.24, 2.45) is 0 Å². The number of hydrogen-bond acceptors (Lipinski definition) is 3. The normalized spacial score (nSPS) is 15.4. The molecule has 4 rings (SSSR count). The first-order valence-electron chi connectivity index (χ1n) is 9.45. The molecule has 1 heterocycles. The van der Waals surface area contributed by atoms with Crippen molar-refractivity contribution in [1.82, 2.24) is 19.7 Å². The average Bonchev–Trinajstić information content (AvgIpc) is 3.19. The molecule has 0 saturated carbocycles. The second-order valence-corrected chi connectivity index (χ2v) is 9.07. The Kier molecular flexibility index (Phi) is 6.47. The average molecular weight is 453 g/mol. The fraction of sp³-hybridized carbons (Fsp3) is 0.304. The molecule has 1 aromatic heterocycles. The van der Waals surface area contributed by atoms with Crippen molar-refractivity contribution >= 4 is 20.0 Å². The summed E-state index contributed by atoms with van der Waals surface area (Å²) in [5, 5.41) is 1.31. The van der Waals surface area contributed by atoms with E-state index < -0.39 is 0 Å². The summed E-state index contributed by atoms with van der Waals surface area (Å²) in [6.45, 7) is 0. The number of likely N-dealkylation sites (N-methyl/N-ethyl adjacent to an activating group) is 2. The SMILES string of the molecule is CN(C)C1=C(N(C)C)C(N(C)C)c2ccccc21.[Zr][c]1cc2ccccc2[nH]1. The van der Waals surface area contributed by atoms with Crippen LogP contribution < -0.4 is 3.40 Å². The van der Waals surface area contributed by atoms with Crippen molar-refractivity contribution in [3.8, 4) is 0 Å². The van der Waals surface area contributed by atoms with E-state index in [2.05, 4.69) is 111 Å². The van der Waals surface area contributed by atoms with Crippen molar-refractivity contribution in [3.05, 3.63) is 71.4 Å². The number of para-hydroxylation sites is 1. The first-order valence-corrected chi connectivity index (χ1v) is 10.7. The van der Waals surface area contributed by atoms with Crippen LogP contribution >= 0.6 is 0 Å². The Hall–Kier alpha value is -1.84. The molecule has 2 aromatic carbocycles. The summed E-state index contributed by atoms with van der Waals surface area (Å²) >= 11 is 1.45. The summed E-state index contributed by atoms with van der Waals surface area (Å²) in [5.74, 6) is 0. The van der Waals surface area contributed by atoms with Crippen molar-refractivity contribution < 1.29 is 24.7 Å². The van der Waals surface area contributed by atoms with E-state index in [1.54, 1.807) is 0 Å². The van der Waals surface area contributed by atoms with Gasteiger partial charge >= 0.3 is 74.3 Å². The third-order valence-electron chi connectivity index (χ3n) is 4.99. The van der Waals surface area contributed by atoms with Crippen LogP contribution in [0.15, 0.2) is 60.3 Å². The number of aromatic nitrogens is 1. The molecule has 1 atom stereocenters. The third kappa shape index (κ3) is 4.11. The van der Waals surface area contributed by atoms with Gasteiger partial charge in [-0.25, -0.2) is 0 Å². The summed E-state index contributed by atoms with van der Waals surface area (Å²) in [5.41, 5.74) is 6.69. The van der Waals surface area contributed by atoms with Gasteiger partial charge < -0.3 is 9.80 Å². The number of H-pyrrole nitrogens is 1. The Morgan fingerprint density at radius 3 is 2.07 bits per heavy atom. The number of hydrogen-bond donors (Lipinski definition) is 1. The summed E-state index contributed by atoms with van der Waals surface area (Å²) in [4.78, 5) is 10.0. The zero-order chi connectivity index (χ0) is 20.4. The molecule has 1 unspecified atom stereocenters. The maximum atomic E-state index is 3.30. The Labute approximate surface area is 183 Å². The predicted molar refractivity (Wildman–Crippen MR) is 115 cm³/mol. The number of rotatable bonds is 3. The van der Waals surface area contributed by atoms with Crippen LogP contribution in [0, 0.1) is 0 Å². The molecular formula is C23H29N4Zr. The third-order valence-corrected chi connectivity index (χ3v) is 5.65. The second kappa shape index (κ2) is 8.67. The Balaban J connectivity index is 0.000000188. The second-order valence-electron chi connectivity index (χ2n) is 7.75. The van der Waals surface area contributed by atoms with E-state index in [9.17, 15) is 0 Å². The standard InChI is InChI=1S/C15H23N3.C8H6N.Zr/c1-16(2)13-11-9-7-8-10-12(11)14(17(3)4)15(13)18(5)6;1-2-4-8-7(3-1)5-6-9-8;/h7-10,13H,1-6H3;1-5,9H;. The quantitative estimate of drug-likeness (QED) is 0.659. The summed E-state index contributed by atoms with van der Waals surface area (Å²) in [7, 11) is 12.8. The summed E-state index contributed by atoms with van der Waals surface area (Å²) in [6.07, 6.45) is 0. The van der Waals surface area contributed by atoms with E-state index in [0.29, 0.717) is 6.04 Å². The van der Waals surface area contributed by atoms with Gasteiger partial charge in [0.1, 0.15) is 0 Å². The molecule has 0 saturated heterocycles. The molecule has 0 aliphatic heterocycles. The molecule has 145 valence electrons. The zero-order valence-electron chi connectivity index (χ0n) is 17.6. The molecule has 1 N–H and O–H groups in total. The molecule has 5 heteroatoms. The van der Waals surface area contributed by atoms with Crippen LogP contribution in [0.5, 0.6) is 0 Å². The van der Waals surface area contributed by atoms with E-state index in [0.717, 1.165) is 0 Å². The van der Waals surface area contributed by atoms with Gasteiger partial charge in [0.05, 0.1) is 17.4 Å². The van der Waals surface area contributed by atoms with Gasteiger partial charge in [0.15, 0.2) is 0 Å². The van der Waals surface area contributed by atoms with E-state index >= 15 is 0 Å². The molecule has 1 aliphatic carbocycles. The number of benzene rings is 2. The molecule has 0 amide bonds. The fourth-order valence-corrected chi connectivity index (χ4v) is 4.60. The van der Waals surface area contributed by atoms with Gasteiger partial charge in [-0.15, -0.1) is 0 Å². The van der Waals surface area contributed by atoms with E-state index in [1.807, 2.05) is 6.07 Å². The van der Waals surface area contributed by atoms with Gasteiger partial charge in [-0.1, -0.05) is 24.3 Å².